The predicted octanol–water partition coefficient (Wildman–Crippen LogP) is 1.74. The van der Waals surface area contributed by atoms with E-state index >= 15 is 0 Å². The van der Waals surface area contributed by atoms with Crippen LogP contribution >= 0.6 is 0 Å². The van der Waals surface area contributed by atoms with Crippen LogP contribution in [0.4, 0.5) is 0 Å². The van der Waals surface area contributed by atoms with Gasteiger partial charge >= 0.3 is 5.88 Å². The zero-order valence-corrected chi connectivity index (χ0v) is 6.78. The lowest BCUT2D eigenvalue weighted by Crippen LogP contribution is -2.31. The SMILES string of the molecule is CC(C)=C(O)[n+]1ccccc1. The molecule has 11 heavy (non-hydrogen) atoms. The molecule has 1 aromatic heterocycles. The average Bonchev–Trinajstić information content (AvgIpc) is 2.05. The Bertz CT molecular complexity index is 260. The number of rotatable bonds is 1. The molecule has 0 unspecified atom stereocenters. The van der Waals surface area contributed by atoms with Gasteiger partial charge in [0.2, 0.25) is 0 Å². The molecule has 0 bridgehead atoms. The van der Waals surface area contributed by atoms with E-state index in [1.165, 1.54) is 0 Å². The first-order valence-corrected chi connectivity index (χ1v) is 3.55. The van der Waals surface area contributed by atoms with Crippen LogP contribution in [-0.2, 0) is 0 Å². The van der Waals surface area contributed by atoms with Crippen LogP contribution in [0.15, 0.2) is 36.2 Å². The highest BCUT2D eigenvalue weighted by Crippen LogP contribution is 1.96. The lowest BCUT2D eigenvalue weighted by atomic mass is 10.3. The average molecular weight is 150 g/mol. The van der Waals surface area contributed by atoms with Gasteiger partial charge in [0.05, 0.1) is 0 Å². The van der Waals surface area contributed by atoms with Gasteiger partial charge in [-0.2, -0.15) is 0 Å². The summed E-state index contributed by atoms with van der Waals surface area (Å²) in [6, 6.07) is 5.66. The van der Waals surface area contributed by atoms with E-state index in [0.717, 1.165) is 5.57 Å². The second-order valence-corrected chi connectivity index (χ2v) is 2.61. The quantitative estimate of drug-likeness (QED) is 0.478. The molecule has 0 aliphatic carbocycles. The van der Waals surface area contributed by atoms with Gasteiger partial charge in [-0.25, -0.2) is 0 Å². The largest absolute Gasteiger partial charge is 0.460 e. The van der Waals surface area contributed by atoms with E-state index in [9.17, 15) is 5.11 Å². The van der Waals surface area contributed by atoms with Crippen molar-refractivity contribution in [1.29, 1.82) is 0 Å². The molecule has 0 atom stereocenters. The van der Waals surface area contributed by atoms with Gasteiger partial charge in [-0.05, 0) is 13.8 Å². The summed E-state index contributed by atoms with van der Waals surface area (Å²) in [5.74, 6) is 0.297. The number of nitrogens with zero attached hydrogens (tertiary/aromatic N) is 1. The Morgan fingerprint density at radius 2 is 1.64 bits per heavy atom. The summed E-state index contributed by atoms with van der Waals surface area (Å²) in [4.78, 5) is 0. The van der Waals surface area contributed by atoms with Crippen LogP contribution in [0.5, 0.6) is 0 Å². The predicted molar refractivity (Wildman–Crippen MR) is 43.8 cm³/mol. The fourth-order valence-corrected chi connectivity index (χ4v) is 0.798. The van der Waals surface area contributed by atoms with Crippen molar-refractivity contribution in [2.45, 2.75) is 13.8 Å². The summed E-state index contributed by atoms with van der Waals surface area (Å²) < 4.78 is 1.68. The Morgan fingerprint density at radius 3 is 2.09 bits per heavy atom. The van der Waals surface area contributed by atoms with Gasteiger partial charge in [0.15, 0.2) is 12.4 Å². The monoisotopic (exact) mass is 150 g/mol. The molecule has 0 radical (unpaired) electrons. The van der Waals surface area contributed by atoms with E-state index in [1.54, 1.807) is 4.57 Å². The van der Waals surface area contributed by atoms with Crippen molar-refractivity contribution in [3.05, 3.63) is 36.2 Å². The van der Waals surface area contributed by atoms with Gasteiger partial charge in [-0.15, -0.1) is 4.57 Å². The van der Waals surface area contributed by atoms with Gasteiger partial charge in [0.25, 0.3) is 0 Å². The fourth-order valence-electron chi connectivity index (χ4n) is 0.798. The number of aromatic nitrogens is 1. The van der Waals surface area contributed by atoms with Crippen molar-refractivity contribution in [2.24, 2.45) is 0 Å². The van der Waals surface area contributed by atoms with Gasteiger partial charge in [-0.1, -0.05) is 6.07 Å². The molecule has 2 nitrogen and oxygen atoms in total. The van der Waals surface area contributed by atoms with E-state index in [4.69, 9.17) is 0 Å². The summed E-state index contributed by atoms with van der Waals surface area (Å²) in [7, 11) is 0. The highest BCUT2D eigenvalue weighted by atomic mass is 16.3. The number of aliphatic hydroxyl groups excluding tert-OH is 1. The van der Waals surface area contributed by atoms with Crippen molar-refractivity contribution in [3.8, 4) is 0 Å². The molecule has 1 aromatic rings. The van der Waals surface area contributed by atoms with Crippen LogP contribution in [-0.4, -0.2) is 5.11 Å². The van der Waals surface area contributed by atoms with E-state index in [-0.39, 0.29) is 0 Å². The molecule has 0 aromatic carbocycles. The number of hydrogen-bond donors (Lipinski definition) is 1. The van der Waals surface area contributed by atoms with Gasteiger partial charge in [-0.3, -0.25) is 0 Å². The zero-order valence-electron chi connectivity index (χ0n) is 6.78. The Kier molecular flexibility index (Phi) is 2.26. The molecule has 0 amide bonds. The first-order valence-electron chi connectivity index (χ1n) is 3.55. The van der Waals surface area contributed by atoms with Crippen molar-refractivity contribution in [3.63, 3.8) is 0 Å². The standard InChI is InChI=1S/C9H11NO/c1-8(2)9(11)10-6-4-3-5-7-10/h3-7H,1-2H3/p+1. The molecule has 1 heterocycles. The molecule has 0 saturated heterocycles. The molecule has 0 aliphatic rings. The van der Waals surface area contributed by atoms with E-state index in [0.29, 0.717) is 5.88 Å². The third kappa shape index (κ3) is 1.80. The summed E-state index contributed by atoms with van der Waals surface area (Å²) in [5.41, 5.74) is 0.904. The third-order valence-electron chi connectivity index (χ3n) is 1.41. The maximum absolute atomic E-state index is 9.44. The number of pyridine rings is 1. The minimum absolute atomic E-state index is 0.297. The lowest BCUT2D eigenvalue weighted by molar-refractivity contribution is -0.600. The molecule has 1 rings (SSSR count). The second-order valence-electron chi connectivity index (χ2n) is 2.61. The Labute approximate surface area is 66.4 Å². The minimum Gasteiger partial charge on any atom is -0.460 e. The molecule has 0 fully saturated rings. The Morgan fingerprint density at radius 1 is 1.09 bits per heavy atom. The second kappa shape index (κ2) is 3.19. The van der Waals surface area contributed by atoms with Crippen molar-refractivity contribution in [2.75, 3.05) is 0 Å². The lowest BCUT2D eigenvalue weighted by Gasteiger charge is -1.93. The van der Waals surface area contributed by atoms with Crippen LogP contribution < -0.4 is 4.57 Å². The summed E-state index contributed by atoms with van der Waals surface area (Å²) in [5, 5.41) is 9.44. The summed E-state index contributed by atoms with van der Waals surface area (Å²) in [6.07, 6.45) is 3.62. The molecule has 2 heteroatoms. The molecular formula is C9H12NO+. The first kappa shape index (κ1) is 7.79. The van der Waals surface area contributed by atoms with E-state index in [1.807, 2.05) is 44.4 Å². The van der Waals surface area contributed by atoms with Crippen molar-refractivity contribution in [1.82, 2.24) is 0 Å². The van der Waals surface area contributed by atoms with Crippen LogP contribution in [0.1, 0.15) is 13.8 Å². The van der Waals surface area contributed by atoms with Gasteiger partial charge in [0, 0.05) is 17.7 Å². The number of hydrogen-bond acceptors (Lipinski definition) is 1. The summed E-state index contributed by atoms with van der Waals surface area (Å²) in [6.45, 7) is 3.74. The van der Waals surface area contributed by atoms with E-state index < -0.39 is 0 Å². The smallest absolute Gasteiger partial charge is 0.369 e. The molecule has 0 spiro atoms. The van der Waals surface area contributed by atoms with Crippen molar-refractivity contribution < 1.29 is 9.67 Å². The van der Waals surface area contributed by atoms with Gasteiger partial charge < -0.3 is 5.11 Å². The summed E-state index contributed by atoms with van der Waals surface area (Å²) >= 11 is 0. The Balaban J connectivity index is 3.04. The molecule has 1 N–H and O–H groups in total. The van der Waals surface area contributed by atoms with Crippen LogP contribution in [0.2, 0.25) is 0 Å². The highest BCUT2D eigenvalue weighted by molar-refractivity contribution is 5.26. The number of allylic oxidation sites excluding steroid dienone is 1. The normalized spacial score (nSPS) is 9.27. The molecular weight excluding hydrogens is 138 g/mol. The fraction of sp³-hybridized carbons (Fsp3) is 0.222. The molecule has 0 aliphatic heterocycles. The van der Waals surface area contributed by atoms with Crippen LogP contribution in [0.3, 0.4) is 0 Å². The van der Waals surface area contributed by atoms with Crippen molar-refractivity contribution >= 4 is 5.88 Å². The molecule has 0 saturated carbocycles. The first-order chi connectivity index (χ1) is 5.22. The third-order valence-corrected chi connectivity index (χ3v) is 1.41. The Hall–Kier alpha value is -1.31. The minimum atomic E-state index is 0.297. The maximum atomic E-state index is 9.44. The highest BCUT2D eigenvalue weighted by Gasteiger charge is 2.06. The van der Waals surface area contributed by atoms with Crippen LogP contribution in [0, 0.1) is 0 Å². The molecule has 58 valence electrons. The van der Waals surface area contributed by atoms with Gasteiger partial charge in [0.1, 0.15) is 0 Å². The zero-order chi connectivity index (χ0) is 8.27. The number of aliphatic hydroxyl groups is 1. The van der Waals surface area contributed by atoms with E-state index in [2.05, 4.69) is 0 Å². The maximum Gasteiger partial charge on any atom is 0.369 e. The topological polar surface area (TPSA) is 24.1 Å². The van der Waals surface area contributed by atoms with Crippen LogP contribution in [0.25, 0.3) is 5.88 Å².